The maximum atomic E-state index is 13.1. The minimum absolute atomic E-state index is 0.00137. The molecule has 9 heteroatoms. The second kappa shape index (κ2) is 8.74. The highest BCUT2D eigenvalue weighted by Gasteiger charge is 2.42. The molecule has 172 valence electrons. The number of aliphatic hydroxyl groups is 1. The van der Waals surface area contributed by atoms with Crippen molar-refractivity contribution in [2.45, 2.75) is 20.0 Å². The predicted molar refractivity (Wildman–Crippen MR) is 127 cm³/mol. The van der Waals surface area contributed by atoms with E-state index < -0.39 is 6.10 Å². The summed E-state index contributed by atoms with van der Waals surface area (Å²) in [5, 5.41) is 13.3. The lowest BCUT2D eigenvalue weighted by molar-refractivity contribution is 0.0467. The highest BCUT2D eigenvalue weighted by molar-refractivity contribution is 7.12. The molecule has 2 amide bonds. The number of aromatic nitrogens is 2. The number of carbonyl (C=O) groups excluding carboxylic acids is 2. The Kier molecular flexibility index (Phi) is 5.77. The number of β-amino-alcohol motifs (C(OH)–C–C–N with tert-alkyl or cyclic N) is 1. The van der Waals surface area contributed by atoms with Gasteiger partial charge in [0.25, 0.3) is 11.8 Å². The van der Waals surface area contributed by atoms with Crippen molar-refractivity contribution in [1.29, 1.82) is 0 Å². The minimum Gasteiger partial charge on any atom is -0.390 e. The number of amides is 2. The van der Waals surface area contributed by atoms with Crippen LogP contribution in [0.3, 0.4) is 0 Å². The number of piperazine rings is 1. The Morgan fingerprint density at radius 3 is 2.18 bits per heavy atom. The third-order valence-corrected chi connectivity index (χ3v) is 7.29. The number of anilines is 1. The van der Waals surface area contributed by atoms with E-state index in [2.05, 4.69) is 26.9 Å². The summed E-state index contributed by atoms with van der Waals surface area (Å²) in [5.74, 6) is -0.669. The Hall–Kier alpha value is -3.01. The van der Waals surface area contributed by atoms with Crippen LogP contribution in [0.25, 0.3) is 5.13 Å². The van der Waals surface area contributed by atoms with Gasteiger partial charge in [-0.1, -0.05) is 18.2 Å². The van der Waals surface area contributed by atoms with Crippen LogP contribution in [0.4, 0.5) is 5.69 Å². The van der Waals surface area contributed by atoms with Crippen molar-refractivity contribution in [2.24, 2.45) is 0 Å². The number of hydrogen-bond acceptors (Lipinski definition) is 7. The summed E-state index contributed by atoms with van der Waals surface area (Å²) < 4.78 is 1.87. The number of nitrogens with zero attached hydrogens (tertiary/aromatic N) is 5. The summed E-state index contributed by atoms with van der Waals surface area (Å²) in [6.07, 6.45) is 0.910. The molecule has 2 aromatic heterocycles. The number of fused-ring (bicyclic) bond motifs is 1. The molecule has 1 atom stereocenters. The molecule has 33 heavy (non-hydrogen) atoms. The molecule has 4 heterocycles. The average Bonchev–Trinajstić information content (AvgIpc) is 3.49. The summed E-state index contributed by atoms with van der Waals surface area (Å²) in [4.78, 5) is 36.3. The van der Waals surface area contributed by atoms with Crippen molar-refractivity contribution in [3.63, 3.8) is 0 Å². The average molecular weight is 466 g/mol. The standard InChI is InChI=1S/C24H27N5O3S/c1-16-20-21(17(2)29(16)24-25-8-13-33-24)23(32)28(22(20)31)15-19(30)14-26-9-11-27(12-10-26)18-6-4-3-5-7-18/h3-8,13,19,30H,9-12,14-15H2,1-2H3. The van der Waals surface area contributed by atoms with Gasteiger partial charge < -0.3 is 10.0 Å². The van der Waals surface area contributed by atoms with Crippen molar-refractivity contribution in [2.75, 3.05) is 44.2 Å². The fourth-order valence-corrected chi connectivity index (χ4v) is 5.64. The van der Waals surface area contributed by atoms with E-state index in [0.717, 1.165) is 31.3 Å². The van der Waals surface area contributed by atoms with Crippen LogP contribution < -0.4 is 4.90 Å². The first kappa shape index (κ1) is 21.8. The molecule has 1 N–H and O–H groups in total. The number of benzene rings is 1. The molecule has 1 fully saturated rings. The highest BCUT2D eigenvalue weighted by Crippen LogP contribution is 2.33. The molecule has 1 unspecified atom stereocenters. The summed E-state index contributed by atoms with van der Waals surface area (Å²) in [6.45, 7) is 7.51. The maximum Gasteiger partial charge on any atom is 0.263 e. The fourth-order valence-electron chi connectivity index (χ4n) is 4.90. The van der Waals surface area contributed by atoms with Gasteiger partial charge in [0.05, 0.1) is 23.8 Å². The Labute approximate surface area is 196 Å². The number of imide groups is 1. The van der Waals surface area contributed by atoms with Gasteiger partial charge in [0.15, 0.2) is 5.13 Å². The van der Waals surface area contributed by atoms with E-state index >= 15 is 0 Å². The normalized spacial score (nSPS) is 17.7. The highest BCUT2D eigenvalue weighted by atomic mass is 32.1. The van der Waals surface area contributed by atoms with E-state index in [9.17, 15) is 14.7 Å². The second-order valence-electron chi connectivity index (χ2n) is 8.57. The molecule has 1 saturated heterocycles. The lowest BCUT2D eigenvalue weighted by atomic mass is 10.1. The monoisotopic (exact) mass is 465 g/mol. The summed E-state index contributed by atoms with van der Waals surface area (Å²) in [5.41, 5.74) is 3.49. The lowest BCUT2D eigenvalue weighted by Gasteiger charge is -2.37. The van der Waals surface area contributed by atoms with Crippen LogP contribution in [0, 0.1) is 13.8 Å². The van der Waals surface area contributed by atoms with Crippen molar-refractivity contribution < 1.29 is 14.7 Å². The van der Waals surface area contributed by atoms with Crippen LogP contribution in [0.1, 0.15) is 32.1 Å². The molecule has 2 aliphatic rings. The predicted octanol–water partition coefficient (Wildman–Crippen LogP) is 2.33. The quantitative estimate of drug-likeness (QED) is 0.563. The number of thiazole rings is 1. The van der Waals surface area contributed by atoms with Crippen LogP contribution in [-0.4, -0.2) is 81.6 Å². The minimum atomic E-state index is -0.795. The molecule has 1 aromatic carbocycles. The van der Waals surface area contributed by atoms with Gasteiger partial charge in [0.1, 0.15) is 0 Å². The second-order valence-corrected chi connectivity index (χ2v) is 9.44. The zero-order valence-corrected chi connectivity index (χ0v) is 19.6. The molecular formula is C24H27N5O3S. The molecule has 0 spiro atoms. The van der Waals surface area contributed by atoms with Gasteiger partial charge in [0.2, 0.25) is 0 Å². The van der Waals surface area contributed by atoms with Crippen LogP contribution in [0.2, 0.25) is 0 Å². The van der Waals surface area contributed by atoms with Crippen molar-refractivity contribution in [1.82, 2.24) is 19.4 Å². The van der Waals surface area contributed by atoms with Gasteiger partial charge in [-0.15, -0.1) is 11.3 Å². The Morgan fingerprint density at radius 1 is 0.970 bits per heavy atom. The lowest BCUT2D eigenvalue weighted by Crippen LogP contribution is -2.50. The SMILES string of the molecule is Cc1c2c(c(C)n1-c1nccs1)C(=O)N(CC(O)CN1CCN(c3ccccc3)CC1)C2=O. The number of para-hydroxylation sites is 1. The molecule has 5 rings (SSSR count). The van der Waals surface area contributed by atoms with E-state index in [0.29, 0.717) is 29.1 Å². The smallest absolute Gasteiger partial charge is 0.263 e. The van der Waals surface area contributed by atoms with Gasteiger partial charge >= 0.3 is 0 Å². The third kappa shape index (κ3) is 3.86. The largest absolute Gasteiger partial charge is 0.390 e. The van der Waals surface area contributed by atoms with Crippen molar-refractivity contribution >= 4 is 28.8 Å². The Morgan fingerprint density at radius 2 is 1.61 bits per heavy atom. The first-order chi connectivity index (χ1) is 16.0. The molecule has 3 aromatic rings. The van der Waals surface area contributed by atoms with E-state index in [4.69, 9.17) is 0 Å². The Balaban J connectivity index is 1.22. The summed E-state index contributed by atoms with van der Waals surface area (Å²) in [6, 6.07) is 10.3. The zero-order valence-electron chi connectivity index (χ0n) is 18.8. The van der Waals surface area contributed by atoms with E-state index in [1.165, 1.54) is 21.9 Å². The molecular weight excluding hydrogens is 438 g/mol. The van der Waals surface area contributed by atoms with Crippen molar-refractivity contribution in [3.05, 3.63) is 64.4 Å². The number of aliphatic hydroxyl groups excluding tert-OH is 1. The number of rotatable bonds is 6. The van der Waals surface area contributed by atoms with Gasteiger partial charge in [-0.25, -0.2) is 4.98 Å². The van der Waals surface area contributed by atoms with Gasteiger partial charge in [-0.3, -0.25) is 24.0 Å². The van der Waals surface area contributed by atoms with Gasteiger partial charge in [0, 0.05) is 61.4 Å². The van der Waals surface area contributed by atoms with E-state index in [-0.39, 0.29) is 18.4 Å². The Bertz CT molecular complexity index is 1130. The molecule has 8 nitrogen and oxygen atoms in total. The zero-order chi connectivity index (χ0) is 23.1. The molecule has 0 saturated carbocycles. The van der Waals surface area contributed by atoms with Crippen molar-refractivity contribution in [3.8, 4) is 5.13 Å². The van der Waals surface area contributed by atoms with Gasteiger partial charge in [-0.05, 0) is 26.0 Å². The van der Waals surface area contributed by atoms with Crippen LogP contribution >= 0.6 is 11.3 Å². The molecule has 0 aliphatic carbocycles. The van der Waals surface area contributed by atoms with Crippen LogP contribution in [0.5, 0.6) is 0 Å². The fraction of sp³-hybridized carbons (Fsp3) is 0.375. The third-order valence-electron chi connectivity index (χ3n) is 6.53. The summed E-state index contributed by atoms with van der Waals surface area (Å²) in [7, 11) is 0. The molecule has 0 bridgehead atoms. The first-order valence-electron chi connectivity index (χ1n) is 11.1. The topological polar surface area (TPSA) is 81.9 Å². The molecule has 0 radical (unpaired) electrons. The van der Waals surface area contributed by atoms with Crippen LogP contribution in [0.15, 0.2) is 41.9 Å². The molecule has 2 aliphatic heterocycles. The van der Waals surface area contributed by atoms with Crippen LogP contribution in [-0.2, 0) is 0 Å². The number of carbonyl (C=O) groups is 2. The van der Waals surface area contributed by atoms with Gasteiger partial charge in [-0.2, -0.15) is 0 Å². The number of hydrogen-bond donors (Lipinski definition) is 1. The van der Waals surface area contributed by atoms with E-state index in [1.54, 1.807) is 6.20 Å². The summed E-state index contributed by atoms with van der Waals surface area (Å²) >= 11 is 1.46. The first-order valence-corrected chi connectivity index (χ1v) is 12.0. The van der Waals surface area contributed by atoms with E-state index in [1.807, 2.05) is 42.0 Å². The maximum absolute atomic E-state index is 13.1.